The second kappa shape index (κ2) is 6.24. The van der Waals surface area contributed by atoms with Crippen molar-refractivity contribution < 1.29 is 4.74 Å². The van der Waals surface area contributed by atoms with Gasteiger partial charge in [-0.1, -0.05) is 23.7 Å². The van der Waals surface area contributed by atoms with Gasteiger partial charge in [0.15, 0.2) is 0 Å². The molecule has 0 fully saturated rings. The number of benzene rings is 2. The molecule has 0 atom stereocenters. The molecule has 112 valence electrons. The second-order valence-corrected chi connectivity index (χ2v) is 5.54. The lowest BCUT2D eigenvalue weighted by Crippen LogP contribution is -2.02. The number of nitrogens with zero attached hydrogens (tertiary/aromatic N) is 1. The maximum absolute atomic E-state index is 6.19. The summed E-state index contributed by atoms with van der Waals surface area (Å²) in [6.45, 7) is 2.73. The van der Waals surface area contributed by atoms with Crippen LogP contribution in [-0.2, 0) is 6.54 Å². The van der Waals surface area contributed by atoms with Crippen LogP contribution in [0.5, 0.6) is 5.75 Å². The van der Waals surface area contributed by atoms with Gasteiger partial charge < -0.3 is 10.1 Å². The number of fused-ring (bicyclic) bond motifs is 1. The summed E-state index contributed by atoms with van der Waals surface area (Å²) in [4.78, 5) is 4.45. The molecule has 0 unspecified atom stereocenters. The Morgan fingerprint density at radius 2 is 1.82 bits per heavy atom. The van der Waals surface area contributed by atoms with E-state index in [1.807, 2.05) is 55.6 Å². The standard InChI is InChI=1S/C18H17ClN2O/c1-12-15-9-10-20-18(16(15)7-8-17(12)19)21-11-13-3-5-14(22-2)6-4-13/h3-10H,11H2,1-2H3,(H,20,21). The number of halogens is 1. The Hall–Kier alpha value is -2.26. The summed E-state index contributed by atoms with van der Waals surface area (Å²) in [7, 11) is 1.67. The lowest BCUT2D eigenvalue weighted by atomic mass is 10.1. The first-order valence-electron chi connectivity index (χ1n) is 7.09. The number of aromatic nitrogens is 1. The predicted octanol–water partition coefficient (Wildman–Crippen LogP) is 4.82. The van der Waals surface area contributed by atoms with Crippen LogP contribution in [0.15, 0.2) is 48.7 Å². The fourth-order valence-corrected chi connectivity index (χ4v) is 2.61. The summed E-state index contributed by atoms with van der Waals surface area (Å²) >= 11 is 6.19. The van der Waals surface area contributed by atoms with Crippen molar-refractivity contribution in [2.24, 2.45) is 0 Å². The molecule has 3 nitrogen and oxygen atoms in total. The van der Waals surface area contributed by atoms with E-state index in [4.69, 9.17) is 16.3 Å². The molecule has 0 saturated heterocycles. The highest BCUT2D eigenvalue weighted by Gasteiger charge is 2.06. The molecule has 0 amide bonds. The third kappa shape index (κ3) is 2.85. The molecule has 3 rings (SSSR count). The van der Waals surface area contributed by atoms with Gasteiger partial charge in [0.05, 0.1) is 7.11 Å². The summed E-state index contributed by atoms with van der Waals surface area (Å²) in [6, 6.07) is 13.9. The fourth-order valence-electron chi connectivity index (χ4n) is 2.45. The Morgan fingerprint density at radius 3 is 2.55 bits per heavy atom. The molecule has 0 saturated carbocycles. The van der Waals surface area contributed by atoms with Gasteiger partial charge >= 0.3 is 0 Å². The van der Waals surface area contributed by atoms with Gasteiger partial charge in [-0.15, -0.1) is 0 Å². The third-order valence-corrected chi connectivity index (χ3v) is 4.18. The summed E-state index contributed by atoms with van der Waals surface area (Å²) in [5.41, 5.74) is 2.25. The van der Waals surface area contributed by atoms with Gasteiger partial charge in [-0.3, -0.25) is 0 Å². The van der Waals surface area contributed by atoms with Gasteiger partial charge in [-0.2, -0.15) is 0 Å². The van der Waals surface area contributed by atoms with Crippen LogP contribution in [0.3, 0.4) is 0 Å². The molecular weight excluding hydrogens is 296 g/mol. The van der Waals surface area contributed by atoms with E-state index in [0.717, 1.165) is 32.9 Å². The van der Waals surface area contributed by atoms with Crippen molar-refractivity contribution in [1.29, 1.82) is 0 Å². The molecule has 0 bridgehead atoms. The van der Waals surface area contributed by atoms with E-state index < -0.39 is 0 Å². The van der Waals surface area contributed by atoms with E-state index in [9.17, 15) is 0 Å². The number of methoxy groups -OCH3 is 1. The molecule has 1 N–H and O–H groups in total. The first-order chi connectivity index (χ1) is 10.7. The normalized spacial score (nSPS) is 10.7. The van der Waals surface area contributed by atoms with E-state index >= 15 is 0 Å². The van der Waals surface area contributed by atoms with E-state index in [1.165, 1.54) is 5.56 Å². The zero-order valence-electron chi connectivity index (χ0n) is 12.6. The average molecular weight is 313 g/mol. The molecule has 0 aliphatic rings. The summed E-state index contributed by atoms with van der Waals surface area (Å²) < 4.78 is 5.17. The Morgan fingerprint density at radius 1 is 1.05 bits per heavy atom. The van der Waals surface area contributed by atoms with Crippen molar-refractivity contribution in [3.05, 3.63) is 64.8 Å². The van der Waals surface area contributed by atoms with Crippen molar-refractivity contribution in [2.75, 3.05) is 12.4 Å². The maximum atomic E-state index is 6.19. The minimum absolute atomic E-state index is 0.706. The minimum Gasteiger partial charge on any atom is -0.497 e. The zero-order chi connectivity index (χ0) is 15.5. The van der Waals surface area contributed by atoms with Crippen molar-refractivity contribution in [3.63, 3.8) is 0 Å². The summed E-state index contributed by atoms with van der Waals surface area (Å²) in [5, 5.41) is 6.38. The Labute approximate surface area is 134 Å². The molecule has 0 spiro atoms. The number of nitrogens with one attached hydrogen (secondary N) is 1. The molecule has 0 aliphatic carbocycles. The number of rotatable bonds is 4. The van der Waals surface area contributed by atoms with Crippen LogP contribution in [-0.4, -0.2) is 12.1 Å². The van der Waals surface area contributed by atoms with Gasteiger partial charge in [-0.05, 0) is 53.8 Å². The number of hydrogen-bond donors (Lipinski definition) is 1. The van der Waals surface area contributed by atoms with Crippen molar-refractivity contribution in [1.82, 2.24) is 4.98 Å². The minimum atomic E-state index is 0.706. The number of pyridine rings is 1. The third-order valence-electron chi connectivity index (χ3n) is 3.77. The van der Waals surface area contributed by atoms with Gasteiger partial charge in [-0.25, -0.2) is 4.98 Å². The Balaban J connectivity index is 1.86. The van der Waals surface area contributed by atoms with Crippen LogP contribution in [0, 0.1) is 6.92 Å². The number of ether oxygens (including phenoxy) is 1. The van der Waals surface area contributed by atoms with Crippen LogP contribution in [0.2, 0.25) is 5.02 Å². The Bertz CT molecular complexity index is 800. The maximum Gasteiger partial charge on any atom is 0.134 e. The van der Waals surface area contributed by atoms with Crippen LogP contribution in [0.25, 0.3) is 10.8 Å². The molecule has 3 aromatic rings. The first kappa shape index (κ1) is 14.7. The number of anilines is 1. The summed E-state index contributed by atoms with van der Waals surface area (Å²) in [6.07, 6.45) is 1.81. The van der Waals surface area contributed by atoms with Crippen molar-refractivity contribution in [3.8, 4) is 5.75 Å². The molecule has 2 aromatic carbocycles. The second-order valence-electron chi connectivity index (χ2n) is 5.13. The van der Waals surface area contributed by atoms with E-state index in [1.54, 1.807) is 7.11 Å². The van der Waals surface area contributed by atoms with E-state index in [-0.39, 0.29) is 0 Å². The van der Waals surface area contributed by atoms with Gasteiger partial charge in [0.1, 0.15) is 11.6 Å². The number of aryl methyl sites for hydroxylation is 1. The Kier molecular flexibility index (Phi) is 4.16. The average Bonchev–Trinajstić information content (AvgIpc) is 2.57. The number of hydrogen-bond acceptors (Lipinski definition) is 3. The van der Waals surface area contributed by atoms with Crippen LogP contribution in [0.1, 0.15) is 11.1 Å². The largest absolute Gasteiger partial charge is 0.497 e. The molecule has 1 aromatic heterocycles. The molecular formula is C18H17ClN2O. The smallest absolute Gasteiger partial charge is 0.134 e. The van der Waals surface area contributed by atoms with Crippen LogP contribution >= 0.6 is 11.6 Å². The highest BCUT2D eigenvalue weighted by Crippen LogP contribution is 2.29. The van der Waals surface area contributed by atoms with E-state index in [0.29, 0.717) is 6.54 Å². The quantitative estimate of drug-likeness (QED) is 0.750. The molecule has 4 heteroatoms. The van der Waals surface area contributed by atoms with Crippen LogP contribution in [0.4, 0.5) is 5.82 Å². The zero-order valence-corrected chi connectivity index (χ0v) is 13.3. The molecule has 1 heterocycles. The summed E-state index contributed by atoms with van der Waals surface area (Å²) in [5.74, 6) is 1.73. The molecule has 0 aliphatic heterocycles. The highest BCUT2D eigenvalue weighted by atomic mass is 35.5. The lowest BCUT2D eigenvalue weighted by molar-refractivity contribution is 0.414. The SMILES string of the molecule is COc1ccc(CNc2nccc3c(C)c(Cl)ccc23)cc1. The fraction of sp³-hybridized carbons (Fsp3) is 0.167. The van der Waals surface area contributed by atoms with Gasteiger partial charge in [0.25, 0.3) is 0 Å². The lowest BCUT2D eigenvalue weighted by Gasteiger charge is -2.11. The highest BCUT2D eigenvalue weighted by molar-refractivity contribution is 6.32. The monoisotopic (exact) mass is 312 g/mol. The topological polar surface area (TPSA) is 34.1 Å². The molecule has 0 radical (unpaired) electrons. The van der Waals surface area contributed by atoms with Gasteiger partial charge in [0.2, 0.25) is 0 Å². The van der Waals surface area contributed by atoms with Crippen LogP contribution < -0.4 is 10.1 Å². The van der Waals surface area contributed by atoms with Crippen molar-refractivity contribution in [2.45, 2.75) is 13.5 Å². The van der Waals surface area contributed by atoms with Gasteiger partial charge in [0, 0.05) is 23.2 Å². The first-order valence-corrected chi connectivity index (χ1v) is 7.47. The van der Waals surface area contributed by atoms with E-state index in [2.05, 4.69) is 10.3 Å². The predicted molar refractivity (Wildman–Crippen MR) is 91.8 cm³/mol. The molecule has 22 heavy (non-hydrogen) atoms. The van der Waals surface area contributed by atoms with Crippen molar-refractivity contribution >= 4 is 28.2 Å².